The van der Waals surface area contributed by atoms with Gasteiger partial charge >= 0.3 is 5.97 Å². The number of nitrogens with zero attached hydrogens (tertiary/aromatic N) is 2. The highest BCUT2D eigenvalue weighted by Gasteiger charge is 2.19. The molecule has 0 aliphatic carbocycles. The second kappa shape index (κ2) is 5.21. The number of carbonyl (C=O) groups is 1. The quantitative estimate of drug-likeness (QED) is 0.755. The van der Waals surface area contributed by atoms with Gasteiger partial charge in [-0.05, 0) is 23.8 Å². The number of thiophene rings is 1. The summed E-state index contributed by atoms with van der Waals surface area (Å²) in [5.74, 6) is -0.453. The Hall–Kier alpha value is -2.34. The molecule has 2 N–H and O–H groups in total. The van der Waals surface area contributed by atoms with Gasteiger partial charge in [0.25, 0.3) is 0 Å². The summed E-state index contributed by atoms with van der Waals surface area (Å²) in [5, 5.41) is 7.24. The Labute approximate surface area is 125 Å². The van der Waals surface area contributed by atoms with Crippen LogP contribution in [0.4, 0.5) is 5.69 Å². The first-order valence-corrected chi connectivity index (χ1v) is 7.37. The molecular formula is C15H15N3O2S. The zero-order chi connectivity index (χ0) is 15.0. The van der Waals surface area contributed by atoms with Crippen molar-refractivity contribution in [1.82, 2.24) is 9.78 Å². The SMILES string of the molecule is Cc1nn(C)c(C(=O)OCc2csc3ccccc23)c1N. The van der Waals surface area contributed by atoms with E-state index in [-0.39, 0.29) is 6.61 Å². The molecule has 6 heteroatoms. The topological polar surface area (TPSA) is 70.1 Å². The minimum atomic E-state index is -0.453. The molecular weight excluding hydrogens is 286 g/mol. The Morgan fingerprint density at radius 2 is 2.19 bits per heavy atom. The van der Waals surface area contributed by atoms with Crippen LogP contribution in [0.5, 0.6) is 0 Å². The van der Waals surface area contributed by atoms with Crippen LogP contribution < -0.4 is 5.73 Å². The number of esters is 1. The number of aryl methyl sites for hydroxylation is 2. The van der Waals surface area contributed by atoms with Crippen molar-refractivity contribution in [3.63, 3.8) is 0 Å². The maximum Gasteiger partial charge on any atom is 0.359 e. The fourth-order valence-electron chi connectivity index (χ4n) is 2.27. The van der Waals surface area contributed by atoms with E-state index in [2.05, 4.69) is 5.10 Å². The van der Waals surface area contributed by atoms with Crippen molar-refractivity contribution in [1.29, 1.82) is 0 Å². The number of hydrogen-bond donors (Lipinski definition) is 1. The van der Waals surface area contributed by atoms with Gasteiger partial charge in [-0.1, -0.05) is 18.2 Å². The highest BCUT2D eigenvalue weighted by molar-refractivity contribution is 7.17. The van der Waals surface area contributed by atoms with Gasteiger partial charge in [0.05, 0.1) is 11.4 Å². The third kappa shape index (κ3) is 2.38. The molecule has 0 amide bonds. The van der Waals surface area contributed by atoms with E-state index in [4.69, 9.17) is 10.5 Å². The lowest BCUT2D eigenvalue weighted by Crippen LogP contribution is -2.12. The smallest absolute Gasteiger partial charge is 0.359 e. The molecule has 0 spiro atoms. The third-order valence-corrected chi connectivity index (χ3v) is 4.39. The van der Waals surface area contributed by atoms with Gasteiger partial charge in [-0.15, -0.1) is 11.3 Å². The normalized spacial score (nSPS) is 11.0. The van der Waals surface area contributed by atoms with Gasteiger partial charge in [-0.2, -0.15) is 5.10 Å². The monoisotopic (exact) mass is 301 g/mol. The summed E-state index contributed by atoms with van der Waals surface area (Å²) >= 11 is 1.64. The summed E-state index contributed by atoms with van der Waals surface area (Å²) in [6, 6.07) is 8.04. The summed E-state index contributed by atoms with van der Waals surface area (Å²) in [5.41, 5.74) is 8.16. The van der Waals surface area contributed by atoms with Crippen molar-refractivity contribution < 1.29 is 9.53 Å². The van der Waals surface area contributed by atoms with Crippen LogP contribution in [0.25, 0.3) is 10.1 Å². The van der Waals surface area contributed by atoms with Gasteiger partial charge in [0.15, 0.2) is 5.69 Å². The molecule has 0 aliphatic heterocycles. The lowest BCUT2D eigenvalue weighted by atomic mass is 10.2. The number of anilines is 1. The van der Waals surface area contributed by atoms with Gasteiger partial charge in [0.2, 0.25) is 0 Å². The minimum absolute atomic E-state index is 0.229. The first-order valence-electron chi connectivity index (χ1n) is 6.49. The van der Waals surface area contributed by atoms with Crippen LogP contribution in [-0.2, 0) is 18.4 Å². The molecule has 3 rings (SSSR count). The van der Waals surface area contributed by atoms with Crippen molar-refractivity contribution >= 4 is 33.1 Å². The molecule has 0 atom stereocenters. The summed E-state index contributed by atoms with van der Waals surface area (Å²) in [7, 11) is 1.68. The zero-order valence-corrected chi connectivity index (χ0v) is 12.6. The molecule has 0 saturated heterocycles. The first-order chi connectivity index (χ1) is 10.1. The summed E-state index contributed by atoms with van der Waals surface area (Å²) in [6.45, 7) is 1.99. The molecule has 0 unspecified atom stereocenters. The van der Waals surface area contributed by atoms with Crippen molar-refractivity contribution in [2.24, 2.45) is 7.05 Å². The second-order valence-corrected chi connectivity index (χ2v) is 5.72. The molecule has 3 aromatic rings. The largest absolute Gasteiger partial charge is 0.456 e. The van der Waals surface area contributed by atoms with Crippen molar-refractivity contribution in [2.45, 2.75) is 13.5 Å². The summed E-state index contributed by atoms with van der Waals surface area (Å²) in [6.07, 6.45) is 0. The number of nitrogen functional groups attached to an aromatic ring is 1. The van der Waals surface area contributed by atoms with E-state index in [0.29, 0.717) is 17.1 Å². The lowest BCUT2D eigenvalue weighted by Gasteiger charge is -2.05. The highest BCUT2D eigenvalue weighted by atomic mass is 32.1. The molecule has 0 bridgehead atoms. The van der Waals surface area contributed by atoms with Gasteiger partial charge in [-0.3, -0.25) is 4.68 Å². The Balaban J connectivity index is 1.80. The Kier molecular flexibility index (Phi) is 3.39. The highest BCUT2D eigenvalue weighted by Crippen LogP contribution is 2.26. The van der Waals surface area contributed by atoms with Crippen LogP contribution in [0.3, 0.4) is 0 Å². The van der Waals surface area contributed by atoms with Gasteiger partial charge < -0.3 is 10.5 Å². The molecule has 21 heavy (non-hydrogen) atoms. The Morgan fingerprint density at radius 1 is 1.43 bits per heavy atom. The van der Waals surface area contributed by atoms with E-state index in [1.807, 2.05) is 29.6 Å². The number of carbonyl (C=O) groups excluding carboxylic acids is 1. The molecule has 108 valence electrons. The van der Waals surface area contributed by atoms with E-state index in [9.17, 15) is 4.79 Å². The number of aromatic nitrogens is 2. The summed E-state index contributed by atoms with van der Waals surface area (Å²) < 4.78 is 8.02. The number of hydrogen-bond acceptors (Lipinski definition) is 5. The molecule has 2 heterocycles. The molecule has 0 saturated carbocycles. The van der Waals surface area contributed by atoms with Gasteiger partial charge in [-0.25, -0.2) is 4.79 Å². The number of ether oxygens (including phenoxy) is 1. The maximum absolute atomic E-state index is 12.2. The average molecular weight is 301 g/mol. The predicted octanol–water partition coefficient (Wildman–Crippen LogP) is 2.88. The lowest BCUT2D eigenvalue weighted by molar-refractivity contribution is 0.0463. The fraction of sp³-hybridized carbons (Fsp3) is 0.200. The molecule has 0 aliphatic rings. The molecule has 5 nitrogen and oxygen atoms in total. The fourth-order valence-corrected chi connectivity index (χ4v) is 3.22. The van der Waals surface area contributed by atoms with Crippen LogP contribution >= 0.6 is 11.3 Å². The number of fused-ring (bicyclic) bond motifs is 1. The molecule has 0 radical (unpaired) electrons. The van der Waals surface area contributed by atoms with Crippen molar-refractivity contribution in [3.05, 3.63) is 46.6 Å². The molecule has 0 fully saturated rings. The first kappa shape index (κ1) is 13.6. The number of benzene rings is 1. The molecule has 2 aromatic heterocycles. The second-order valence-electron chi connectivity index (χ2n) is 4.80. The van der Waals surface area contributed by atoms with E-state index in [1.165, 1.54) is 9.38 Å². The third-order valence-electron chi connectivity index (χ3n) is 3.38. The molecule has 1 aromatic carbocycles. The Bertz CT molecular complexity index is 820. The van der Waals surface area contributed by atoms with Gasteiger partial charge in [0.1, 0.15) is 6.61 Å². The van der Waals surface area contributed by atoms with E-state index in [1.54, 1.807) is 25.3 Å². The van der Waals surface area contributed by atoms with E-state index in [0.717, 1.165) is 10.9 Å². The van der Waals surface area contributed by atoms with E-state index < -0.39 is 5.97 Å². The predicted molar refractivity (Wildman–Crippen MR) is 83.3 cm³/mol. The van der Waals surface area contributed by atoms with E-state index >= 15 is 0 Å². The van der Waals surface area contributed by atoms with Crippen LogP contribution in [0.1, 0.15) is 21.7 Å². The van der Waals surface area contributed by atoms with Crippen LogP contribution in [0.2, 0.25) is 0 Å². The van der Waals surface area contributed by atoms with Crippen LogP contribution in [0, 0.1) is 6.92 Å². The standard InChI is InChI=1S/C15H15N3O2S/c1-9-13(16)14(18(2)17-9)15(19)20-7-10-8-21-12-6-4-3-5-11(10)12/h3-6,8H,7,16H2,1-2H3. The minimum Gasteiger partial charge on any atom is -0.456 e. The van der Waals surface area contributed by atoms with Gasteiger partial charge in [0, 0.05) is 17.3 Å². The number of rotatable bonds is 3. The zero-order valence-electron chi connectivity index (χ0n) is 11.8. The Morgan fingerprint density at radius 3 is 2.90 bits per heavy atom. The summed E-state index contributed by atoms with van der Waals surface area (Å²) in [4.78, 5) is 12.2. The number of nitrogens with two attached hydrogens (primary N) is 1. The van der Waals surface area contributed by atoms with Crippen LogP contribution in [-0.4, -0.2) is 15.7 Å². The maximum atomic E-state index is 12.2. The van der Waals surface area contributed by atoms with Crippen molar-refractivity contribution in [3.8, 4) is 0 Å². The van der Waals surface area contributed by atoms with Crippen LogP contribution in [0.15, 0.2) is 29.6 Å². The average Bonchev–Trinajstić information content (AvgIpc) is 2.98. The van der Waals surface area contributed by atoms with Crippen molar-refractivity contribution in [2.75, 3.05) is 5.73 Å².